The molecule has 2 aliphatic rings. The third-order valence-electron chi connectivity index (χ3n) is 6.48. The lowest BCUT2D eigenvalue weighted by Gasteiger charge is -2.30. The summed E-state index contributed by atoms with van der Waals surface area (Å²) in [4.78, 5) is 26.5. The summed E-state index contributed by atoms with van der Waals surface area (Å²) in [6.45, 7) is 4.41. The number of hydrogen-bond acceptors (Lipinski definition) is 4. The lowest BCUT2D eigenvalue weighted by atomic mass is 9.97. The number of benzene rings is 2. The molecular weight excluding hydrogens is 462 g/mol. The fraction of sp³-hybridized carbons (Fsp3) is 0.417. The van der Waals surface area contributed by atoms with Crippen LogP contribution in [0.15, 0.2) is 47.4 Å². The highest BCUT2D eigenvalue weighted by atomic mass is 35.5. The molecule has 0 bridgehead atoms. The number of piperidine rings is 1. The van der Waals surface area contributed by atoms with Gasteiger partial charge in [0.1, 0.15) is 0 Å². The molecule has 0 aromatic heterocycles. The van der Waals surface area contributed by atoms with Crippen LogP contribution in [-0.4, -0.2) is 43.7 Å². The van der Waals surface area contributed by atoms with E-state index in [1.807, 2.05) is 25.1 Å². The molecule has 2 aromatic carbocycles. The molecule has 1 atom stereocenters. The van der Waals surface area contributed by atoms with Crippen molar-refractivity contribution in [1.82, 2.24) is 9.62 Å². The Bertz CT molecular complexity index is 1180. The molecule has 2 heterocycles. The van der Waals surface area contributed by atoms with Gasteiger partial charge in [-0.2, -0.15) is 4.31 Å². The number of sulfonamides is 1. The molecule has 2 amide bonds. The molecule has 4 rings (SSSR count). The van der Waals surface area contributed by atoms with Crippen LogP contribution in [-0.2, 0) is 32.6 Å². The highest BCUT2D eigenvalue weighted by molar-refractivity contribution is 7.89. The number of hydrogen-bond donors (Lipinski definition) is 1. The molecule has 1 N–H and O–H groups in total. The fourth-order valence-electron chi connectivity index (χ4n) is 4.72. The first-order chi connectivity index (χ1) is 15.7. The molecule has 2 aromatic rings. The second-order valence-corrected chi connectivity index (χ2v) is 11.1. The number of halogens is 1. The summed E-state index contributed by atoms with van der Waals surface area (Å²) in [5.74, 6) is -0.363. The topological polar surface area (TPSA) is 86.8 Å². The number of amides is 2. The normalized spacial score (nSPS) is 19.4. The second-order valence-electron chi connectivity index (χ2n) is 8.72. The van der Waals surface area contributed by atoms with Crippen molar-refractivity contribution in [2.24, 2.45) is 5.92 Å². The molecule has 2 aliphatic heterocycles. The molecule has 176 valence electrons. The summed E-state index contributed by atoms with van der Waals surface area (Å²) in [5.41, 5.74) is 2.50. The fourth-order valence-corrected chi connectivity index (χ4v) is 6.45. The third kappa shape index (κ3) is 4.78. The molecule has 9 heteroatoms. The summed E-state index contributed by atoms with van der Waals surface area (Å²) in [5, 5.41) is 3.52. The number of rotatable bonds is 5. The summed E-state index contributed by atoms with van der Waals surface area (Å²) in [7, 11) is -3.67. The zero-order valence-electron chi connectivity index (χ0n) is 18.8. The second kappa shape index (κ2) is 9.44. The van der Waals surface area contributed by atoms with Gasteiger partial charge in [0.25, 0.3) is 0 Å². The zero-order valence-corrected chi connectivity index (χ0v) is 20.3. The van der Waals surface area contributed by atoms with Gasteiger partial charge in [0.2, 0.25) is 21.8 Å². The van der Waals surface area contributed by atoms with E-state index in [2.05, 4.69) is 5.32 Å². The van der Waals surface area contributed by atoms with Gasteiger partial charge in [-0.3, -0.25) is 9.59 Å². The van der Waals surface area contributed by atoms with Crippen molar-refractivity contribution >= 4 is 39.1 Å². The number of carbonyl (C=O) groups excluding carboxylic acids is 2. The van der Waals surface area contributed by atoms with Crippen molar-refractivity contribution < 1.29 is 18.0 Å². The molecule has 1 fully saturated rings. The van der Waals surface area contributed by atoms with E-state index in [0.717, 1.165) is 16.8 Å². The molecule has 1 saturated heterocycles. The van der Waals surface area contributed by atoms with Crippen molar-refractivity contribution in [3.05, 3.63) is 58.6 Å². The van der Waals surface area contributed by atoms with E-state index in [0.29, 0.717) is 43.9 Å². The summed E-state index contributed by atoms with van der Waals surface area (Å²) >= 11 is 6.14. The van der Waals surface area contributed by atoms with E-state index in [9.17, 15) is 18.0 Å². The summed E-state index contributed by atoms with van der Waals surface area (Å²) < 4.78 is 27.9. The highest BCUT2D eigenvalue weighted by Gasteiger charge is 2.34. The minimum Gasteiger partial charge on any atom is -0.352 e. The van der Waals surface area contributed by atoms with Crippen LogP contribution in [0.4, 0.5) is 5.69 Å². The minimum absolute atomic E-state index is 0.00970. The van der Waals surface area contributed by atoms with Gasteiger partial charge in [-0.1, -0.05) is 29.8 Å². The van der Waals surface area contributed by atoms with Gasteiger partial charge in [-0.25, -0.2) is 8.42 Å². The number of fused-ring (bicyclic) bond motifs is 1. The Balaban J connectivity index is 1.38. The lowest BCUT2D eigenvalue weighted by Crippen LogP contribution is -2.42. The number of nitrogens with zero attached hydrogens (tertiary/aromatic N) is 2. The molecule has 0 spiro atoms. The zero-order chi connectivity index (χ0) is 23.8. The Kier molecular flexibility index (Phi) is 6.79. The van der Waals surface area contributed by atoms with Crippen molar-refractivity contribution in [3.63, 3.8) is 0 Å². The summed E-state index contributed by atoms with van der Waals surface area (Å²) in [6.07, 6.45) is 1.56. The van der Waals surface area contributed by atoms with Crippen molar-refractivity contribution in [1.29, 1.82) is 0 Å². The van der Waals surface area contributed by atoms with Crippen LogP contribution >= 0.6 is 11.6 Å². The maximum absolute atomic E-state index is 13.2. The first-order valence-corrected chi connectivity index (χ1v) is 12.9. The molecule has 33 heavy (non-hydrogen) atoms. The highest BCUT2D eigenvalue weighted by Crippen LogP contribution is 2.35. The van der Waals surface area contributed by atoms with Crippen LogP contribution in [0.2, 0.25) is 5.02 Å². The molecular formula is C24H28ClN3O4S. The van der Waals surface area contributed by atoms with Crippen LogP contribution in [0.1, 0.15) is 37.8 Å². The van der Waals surface area contributed by atoms with Gasteiger partial charge in [-0.15, -0.1) is 0 Å². The van der Waals surface area contributed by atoms with Crippen molar-refractivity contribution in [3.8, 4) is 0 Å². The Morgan fingerprint density at radius 1 is 1.12 bits per heavy atom. The number of nitrogens with one attached hydrogen (secondary N) is 1. The van der Waals surface area contributed by atoms with Crippen LogP contribution in [0.3, 0.4) is 0 Å². The monoisotopic (exact) mass is 489 g/mol. The van der Waals surface area contributed by atoms with Crippen molar-refractivity contribution in [2.45, 2.75) is 50.6 Å². The average Bonchev–Trinajstić information content (AvgIpc) is 3.13. The van der Waals surface area contributed by atoms with Crippen LogP contribution in [0, 0.1) is 5.92 Å². The number of carbonyl (C=O) groups is 2. The predicted molar refractivity (Wildman–Crippen MR) is 128 cm³/mol. The quantitative estimate of drug-likeness (QED) is 0.697. The molecule has 7 nitrogen and oxygen atoms in total. The minimum atomic E-state index is -3.67. The van der Waals surface area contributed by atoms with E-state index in [1.54, 1.807) is 29.2 Å². The Morgan fingerprint density at radius 2 is 1.82 bits per heavy atom. The standard InChI is InChI=1S/C24H28ClN3O4S/c1-16-13-20-14-21(7-8-23(20)28(16)17(2)29)33(31,32)27-11-9-18(10-12-27)24(30)26-15-19-5-3-4-6-22(19)25/h3-8,14,16,18H,9-13,15H2,1-2H3,(H,26,30)/t16-/m0/s1. The van der Waals surface area contributed by atoms with E-state index >= 15 is 0 Å². The Hall–Kier alpha value is -2.42. The van der Waals surface area contributed by atoms with Gasteiger partial charge in [0.15, 0.2) is 0 Å². The van der Waals surface area contributed by atoms with Gasteiger partial charge >= 0.3 is 0 Å². The third-order valence-corrected chi connectivity index (χ3v) is 8.74. The molecule has 0 unspecified atom stereocenters. The van der Waals surface area contributed by atoms with E-state index in [-0.39, 0.29) is 28.7 Å². The van der Waals surface area contributed by atoms with Gasteiger partial charge in [0.05, 0.1) is 4.90 Å². The van der Waals surface area contributed by atoms with E-state index < -0.39 is 10.0 Å². The maximum atomic E-state index is 13.2. The van der Waals surface area contributed by atoms with Gasteiger partial charge in [-0.05, 0) is 61.6 Å². The van der Waals surface area contributed by atoms with Crippen molar-refractivity contribution in [2.75, 3.05) is 18.0 Å². The molecule has 0 radical (unpaired) electrons. The Morgan fingerprint density at radius 3 is 2.48 bits per heavy atom. The number of anilines is 1. The average molecular weight is 490 g/mol. The smallest absolute Gasteiger partial charge is 0.243 e. The summed E-state index contributed by atoms with van der Waals surface area (Å²) in [6, 6.07) is 12.3. The van der Waals surface area contributed by atoms with E-state index in [4.69, 9.17) is 11.6 Å². The lowest BCUT2D eigenvalue weighted by molar-refractivity contribution is -0.126. The molecule has 0 aliphatic carbocycles. The maximum Gasteiger partial charge on any atom is 0.243 e. The SMILES string of the molecule is CC(=O)N1c2ccc(S(=O)(=O)N3CCC(C(=O)NCc4ccccc4Cl)CC3)cc2C[C@@H]1C. The van der Waals surface area contributed by atoms with Gasteiger partial charge < -0.3 is 10.2 Å². The largest absolute Gasteiger partial charge is 0.352 e. The first kappa shape index (κ1) is 23.7. The van der Waals surface area contributed by atoms with E-state index in [1.165, 1.54) is 11.2 Å². The van der Waals surface area contributed by atoms with Crippen LogP contribution in [0.5, 0.6) is 0 Å². The van der Waals surface area contributed by atoms with Crippen LogP contribution < -0.4 is 10.2 Å². The van der Waals surface area contributed by atoms with Crippen LogP contribution in [0.25, 0.3) is 0 Å². The Labute approximate surface area is 199 Å². The predicted octanol–water partition coefficient (Wildman–Crippen LogP) is 3.35. The molecule has 0 saturated carbocycles. The first-order valence-electron chi connectivity index (χ1n) is 11.1. The van der Waals surface area contributed by atoms with Gasteiger partial charge in [0, 0.05) is 49.2 Å².